The molecular weight excluding hydrogens is 1340 g/mol. The van der Waals surface area contributed by atoms with Crippen molar-refractivity contribution in [3.63, 3.8) is 0 Å². The molecule has 0 radical (unpaired) electrons. The predicted octanol–water partition coefficient (Wildman–Crippen LogP) is 16.1. The molecule has 0 bridgehead atoms. The van der Waals surface area contributed by atoms with Crippen LogP contribution in [0.2, 0.25) is 0 Å². The van der Waals surface area contributed by atoms with Gasteiger partial charge < -0.3 is 57.7 Å². The molecule has 1 fully saturated rings. The van der Waals surface area contributed by atoms with Gasteiger partial charge in [-0.3, -0.25) is 29.0 Å². The number of aromatic nitrogens is 14. The van der Waals surface area contributed by atoms with Crippen molar-refractivity contribution in [3.05, 3.63) is 183 Å². The van der Waals surface area contributed by atoms with Crippen molar-refractivity contribution >= 4 is 67.2 Å². The van der Waals surface area contributed by atoms with Crippen LogP contribution in [0.3, 0.4) is 0 Å². The molecule has 7 aromatic heterocycles. The zero-order valence-corrected chi connectivity index (χ0v) is 59.9. The minimum absolute atomic E-state index is 0. The number of nitrogens with one attached hydrogen (secondary N) is 1. The molecule has 0 unspecified atom stereocenters. The smallest absolute Gasteiger partial charge is 0.124 e. The van der Waals surface area contributed by atoms with Crippen molar-refractivity contribution in [2.75, 3.05) is 90.2 Å². The lowest BCUT2D eigenvalue weighted by molar-refractivity contribution is 0.0123. The van der Waals surface area contributed by atoms with E-state index in [1.54, 1.807) is 83.0 Å². The maximum atomic E-state index is 5.55. The second-order valence-corrected chi connectivity index (χ2v) is 25.1. The molecule has 1 aliphatic rings. The third kappa shape index (κ3) is 19.0. The largest absolute Gasteiger partial charge is 0.497 e. The topological polar surface area (TPSA) is 235 Å². The van der Waals surface area contributed by atoms with Gasteiger partial charge in [0.15, 0.2) is 0 Å². The predicted molar refractivity (Wildman–Crippen MR) is 426 cm³/mol. The van der Waals surface area contributed by atoms with Crippen molar-refractivity contribution in [2.45, 2.75) is 95.4 Å². The van der Waals surface area contributed by atoms with Gasteiger partial charge >= 0.3 is 0 Å². The maximum absolute atomic E-state index is 5.55. The molecule has 0 aliphatic carbocycles. The summed E-state index contributed by atoms with van der Waals surface area (Å²) < 4.78 is 46.2. The van der Waals surface area contributed by atoms with Crippen LogP contribution in [0.5, 0.6) is 34.5 Å². The summed E-state index contributed by atoms with van der Waals surface area (Å²) in [6.45, 7) is 15.0. The monoisotopic (exact) mass is 1440 g/mol. The van der Waals surface area contributed by atoms with Crippen LogP contribution < -0.4 is 48.4 Å². The fraction of sp³-hybridized carbons (Fsp3) is 0.333. The average molecular weight is 1440 g/mol. The third-order valence-electron chi connectivity index (χ3n) is 17.4. The molecule has 1 N–H and O–H groups in total. The summed E-state index contributed by atoms with van der Waals surface area (Å²) in [5, 5.41) is 16.5. The molecule has 0 atom stereocenters. The van der Waals surface area contributed by atoms with E-state index in [4.69, 9.17) is 48.1 Å². The zero-order chi connectivity index (χ0) is 71.4. The molecule has 8 heterocycles. The summed E-state index contributed by atoms with van der Waals surface area (Å²) in [5.74, 6) is 5.43. The third-order valence-corrected chi connectivity index (χ3v) is 17.4. The van der Waals surface area contributed by atoms with Gasteiger partial charge in [-0.05, 0) is 81.8 Å². The summed E-state index contributed by atoms with van der Waals surface area (Å²) in [4.78, 5) is 39.6. The van der Waals surface area contributed by atoms with E-state index >= 15 is 0 Å². The van der Waals surface area contributed by atoms with Crippen LogP contribution in [-0.2, 0) is 25.4 Å². The average Bonchev–Trinajstić information content (AvgIpc) is 0.935. The number of methoxy groups -OCH3 is 6. The molecule has 1 saturated heterocycles. The minimum Gasteiger partial charge on any atom is -0.497 e. The Morgan fingerprint density at radius 1 is 0.462 bits per heavy atom. The van der Waals surface area contributed by atoms with Crippen LogP contribution in [0, 0.1) is 6.92 Å². The first-order valence-corrected chi connectivity index (χ1v) is 33.7. The summed E-state index contributed by atoms with van der Waals surface area (Å²) in [7, 11) is 13.7. The summed E-state index contributed by atoms with van der Waals surface area (Å²) in [6.07, 6.45) is 21.4. The van der Waals surface area contributed by atoms with Crippen molar-refractivity contribution in [2.24, 2.45) is 14.1 Å². The highest BCUT2D eigenvalue weighted by Gasteiger charge is 2.29. The van der Waals surface area contributed by atoms with Crippen molar-refractivity contribution in [3.8, 4) is 68.3 Å². The van der Waals surface area contributed by atoms with Gasteiger partial charge in [-0.2, -0.15) is 15.3 Å². The molecule has 13 aromatic rings. The standard InChI is InChI=1S/C27H29N7O2.C27H34N6O2.C23H23N5O3.4CH4/c1-19-28-8-11-33(19)9-5-10-34(22-12-23(35-3)15-24(13-22)36-4)21-6-7-25-26(14-21)31-27(17-29-25)20-16-30-32(2)18-20;1-18(2)28-9-10-32(22-11-23(34-5)14-24(12-22)35-6)21-7-8-25-26(13-21)31-27(16-29-25)20-15-30-33(17-20)19(3)4;1-27-12-15(10-25-27)23-11-24-21-5-4-16(8-22(21)26-23)28(18-13-31-14-18)17-6-19(29-2)9-20(7-17)30-3;;;;/h6-8,11-18H,5,9-10H2,1-4H3;7-8,11-19,28H,9-10H2,1-6H3;4-12,18H,13-14H2,1-3H3;4*1H4. The second-order valence-electron chi connectivity index (χ2n) is 25.1. The number of hydrogen-bond acceptors (Lipinski definition) is 21. The normalized spacial score (nSPS) is 11.6. The summed E-state index contributed by atoms with van der Waals surface area (Å²) >= 11 is 0. The Hall–Kier alpha value is -11.7. The van der Waals surface area contributed by atoms with Crippen LogP contribution in [0.4, 0.5) is 34.1 Å². The number of anilines is 6. The number of nitrogens with zero attached hydrogens (tertiary/aromatic N) is 17. The van der Waals surface area contributed by atoms with Gasteiger partial charge in [-0.15, -0.1) is 0 Å². The zero-order valence-electron chi connectivity index (χ0n) is 59.9. The number of aryl methyl sites for hydroxylation is 4. The minimum atomic E-state index is 0. The fourth-order valence-electron chi connectivity index (χ4n) is 11.9. The Morgan fingerprint density at radius 3 is 1.24 bits per heavy atom. The van der Waals surface area contributed by atoms with Crippen LogP contribution in [0.15, 0.2) is 177 Å². The second kappa shape index (κ2) is 36.6. The molecular formula is C81H102N18O7. The highest BCUT2D eigenvalue weighted by molar-refractivity contribution is 5.86. The van der Waals surface area contributed by atoms with E-state index in [1.165, 1.54) is 0 Å². The van der Waals surface area contributed by atoms with Crippen molar-refractivity contribution in [1.29, 1.82) is 0 Å². The Balaban J connectivity index is 0.000000198. The van der Waals surface area contributed by atoms with E-state index in [0.29, 0.717) is 19.3 Å². The Labute approximate surface area is 622 Å². The first-order chi connectivity index (χ1) is 49.5. The lowest BCUT2D eigenvalue weighted by atomic mass is 10.1. The Kier molecular flexibility index (Phi) is 27.6. The highest BCUT2D eigenvalue weighted by Crippen LogP contribution is 2.40. The molecule has 14 rings (SSSR count). The number of imidazole rings is 1. The van der Waals surface area contributed by atoms with E-state index in [1.807, 2.05) is 136 Å². The van der Waals surface area contributed by atoms with E-state index < -0.39 is 0 Å². The van der Waals surface area contributed by atoms with Crippen molar-refractivity contribution < 1.29 is 33.2 Å². The van der Waals surface area contributed by atoms with E-state index in [0.717, 1.165) is 174 Å². The molecule has 0 spiro atoms. The lowest BCUT2D eigenvalue weighted by Crippen LogP contribution is -2.46. The van der Waals surface area contributed by atoms with Gasteiger partial charge in [0.1, 0.15) is 40.3 Å². The van der Waals surface area contributed by atoms with Crippen molar-refractivity contribution in [1.82, 2.24) is 74.1 Å². The van der Waals surface area contributed by atoms with E-state index in [-0.39, 0.29) is 41.8 Å². The maximum Gasteiger partial charge on any atom is 0.124 e. The van der Waals surface area contributed by atoms with Gasteiger partial charge in [-0.1, -0.05) is 43.6 Å². The van der Waals surface area contributed by atoms with Crippen LogP contribution >= 0.6 is 0 Å². The van der Waals surface area contributed by atoms with Gasteiger partial charge in [0.05, 0.1) is 149 Å². The molecule has 1 aliphatic heterocycles. The lowest BCUT2D eigenvalue weighted by Gasteiger charge is -2.39. The van der Waals surface area contributed by atoms with E-state index in [9.17, 15) is 0 Å². The molecule has 25 nitrogen and oxygen atoms in total. The number of ether oxygens (including phenoxy) is 7. The quantitative estimate of drug-likeness (QED) is 0.0560. The molecule has 0 amide bonds. The van der Waals surface area contributed by atoms with Gasteiger partial charge in [-0.25, -0.2) is 19.9 Å². The number of hydrogen-bond donors (Lipinski definition) is 1. The van der Waals surface area contributed by atoms with E-state index in [2.05, 4.69) is 124 Å². The van der Waals surface area contributed by atoms with Crippen LogP contribution in [0.1, 0.15) is 75.7 Å². The van der Waals surface area contributed by atoms with Crippen LogP contribution in [-0.4, -0.2) is 156 Å². The van der Waals surface area contributed by atoms with Crippen LogP contribution in [0.25, 0.3) is 66.9 Å². The number of fused-ring (bicyclic) bond motifs is 3. The number of benzene rings is 6. The highest BCUT2D eigenvalue weighted by atomic mass is 16.5. The van der Waals surface area contributed by atoms with Gasteiger partial charge in [0.25, 0.3) is 0 Å². The molecule has 6 aromatic carbocycles. The summed E-state index contributed by atoms with van der Waals surface area (Å²) in [5.41, 5.74) is 16.2. The molecule has 106 heavy (non-hydrogen) atoms. The fourth-order valence-corrected chi connectivity index (χ4v) is 11.9. The Morgan fingerprint density at radius 2 is 0.868 bits per heavy atom. The summed E-state index contributed by atoms with van der Waals surface area (Å²) in [6, 6.07) is 37.1. The molecule has 558 valence electrons. The Bertz CT molecular complexity index is 4920. The van der Waals surface area contributed by atoms with Gasteiger partial charge in [0.2, 0.25) is 0 Å². The molecule has 0 saturated carbocycles. The number of rotatable bonds is 25. The van der Waals surface area contributed by atoms with Gasteiger partial charge in [0, 0.05) is 189 Å². The first kappa shape index (κ1) is 80.0. The molecule has 25 heteroatoms. The first-order valence-electron chi connectivity index (χ1n) is 33.7. The SMILES string of the molecule is C.C.C.C.COc1cc(OC)cc(N(CCCn2ccnc2C)c2ccc3ncc(-c4cnn(C)c4)nc3c2)c1.COc1cc(OC)cc(N(CCNC(C)C)c2ccc3ncc(-c4cnn(C(C)C)c4)nc3c2)c1.COc1cc(OC)cc(N(c2ccc3ncc(-c4cnn(C)c4)nc3c2)C2COC2)c1.